The highest BCUT2D eigenvalue weighted by Crippen LogP contribution is 2.42. The fourth-order valence-corrected chi connectivity index (χ4v) is 6.73. The molecule has 7 nitrogen and oxygen atoms in total. The van der Waals surface area contributed by atoms with Gasteiger partial charge in [0.25, 0.3) is 0 Å². The third-order valence-electron chi connectivity index (χ3n) is 8.98. The summed E-state index contributed by atoms with van der Waals surface area (Å²) in [7, 11) is 1.38. The topological polar surface area (TPSA) is 75.0 Å². The van der Waals surface area contributed by atoms with E-state index < -0.39 is 17.7 Å². The highest BCUT2D eigenvalue weighted by atomic mass is 16.6. The molecule has 0 bridgehead atoms. The number of nitrogens with zero attached hydrogens (tertiary/aromatic N) is 3. The fraction of sp³-hybridized carbons (Fsp3) is 0.310. The summed E-state index contributed by atoms with van der Waals surface area (Å²) < 4.78 is 19.7. The molecule has 1 unspecified atom stereocenters. The van der Waals surface area contributed by atoms with Crippen LogP contribution in [0, 0.1) is 6.92 Å². The number of aromatic nitrogens is 3. The molecule has 2 aromatic heterocycles. The van der Waals surface area contributed by atoms with Crippen molar-refractivity contribution in [1.82, 2.24) is 14.6 Å². The number of ether oxygens (including phenoxy) is 3. The minimum absolute atomic E-state index is 0.274. The van der Waals surface area contributed by atoms with Gasteiger partial charge in [0.05, 0.1) is 30.7 Å². The third kappa shape index (κ3) is 7.08. The van der Waals surface area contributed by atoms with Crippen molar-refractivity contribution in [3.63, 3.8) is 0 Å². The molecule has 0 amide bonds. The number of carbonyl (C=O) groups is 1. The molecule has 0 N–H and O–H groups in total. The lowest BCUT2D eigenvalue weighted by Crippen LogP contribution is -2.30. The summed E-state index contributed by atoms with van der Waals surface area (Å²) >= 11 is 0. The number of hydrogen-bond acceptors (Lipinski definition) is 6. The number of allylic oxidation sites excluding steroid dienone is 2. The lowest BCUT2D eigenvalue weighted by atomic mass is 9.88. The summed E-state index contributed by atoms with van der Waals surface area (Å²) in [5, 5.41) is 5.19. The molecule has 1 aliphatic heterocycles. The molecule has 49 heavy (non-hydrogen) atoms. The zero-order chi connectivity index (χ0) is 34.7. The van der Waals surface area contributed by atoms with Gasteiger partial charge in [0.2, 0.25) is 0 Å². The van der Waals surface area contributed by atoms with Crippen molar-refractivity contribution in [2.45, 2.75) is 71.0 Å². The first-order valence-corrected chi connectivity index (χ1v) is 17.0. The van der Waals surface area contributed by atoms with Crippen LogP contribution in [0.4, 0.5) is 0 Å². The number of aryl methyl sites for hydroxylation is 2. The Morgan fingerprint density at radius 1 is 1.02 bits per heavy atom. The highest BCUT2D eigenvalue weighted by Gasteiger charge is 2.34. The van der Waals surface area contributed by atoms with Crippen LogP contribution >= 0.6 is 0 Å². The molecule has 252 valence electrons. The summed E-state index contributed by atoms with van der Waals surface area (Å²) in [5.41, 5.74) is 9.34. The Bertz CT molecular complexity index is 2020. The van der Waals surface area contributed by atoms with Crippen molar-refractivity contribution in [3.05, 3.63) is 120 Å². The van der Waals surface area contributed by atoms with Gasteiger partial charge in [-0.05, 0) is 106 Å². The Morgan fingerprint density at radius 2 is 1.82 bits per heavy atom. The van der Waals surface area contributed by atoms with Gasteiger partial charge in [-0.3, -0.25) is 0 Å². The summed E-state index contributed by atoms with van der Waals surface area (Å²) in [6, 6.07) is 25.2. The van der Waals surface area contributed by atoms with E-state index in [0.29, 0.717) is 23.5 Å². The number of rotatable bonds is 11. The van der Waals surface area contributed by atoms with Crippen molar-refractivity contribution >= 4 is 11.6 Å². The minimum Gasteiger partial charge on any atom is -0.493 e. The molecule has 3 aromatic carbocycles. The maximum Gasteiger partial charge on any atom is 0.339 e. The molecular weight excluding hydrogens is 610 g/mol. The maximum atomic E-state index is 13.5. The monoisotopic (exact) mass is 655 g/mol. The van der Waals surface area contributed by atoms with Crippen molar-refractivity contribution in [2.75, 3.05) is 13.7 Å². The molecule has 3 heterocycles. The number of hydrogen-bond donors (Lipinski definition) is 0. The van der Waals surface area contributed by atoms with E-state index in [1.54, 1.807) is 0 Å². The average molecular weight is 656 g/mol. The summed E-state index contributed by atoms with van der Waals surface area (Å²) in [5.74, 6) is 0.643. The Morgan fingerprint density at radius 3 is 2.57 bits per heavy atom. The van der Waals surface area contributed by atoms with E-state index in [0.717, 1.165) is 65.1 Å². The van der Waals surface area contributed by atoms with Crippen LogP contribution in [-0.4, -0.2) is 39.9 Å². The van der Waals surface area contributed by atoms with Crippen molar-refractivity contribution in [1.29, 1.82) is 0 Å². The smallest absolute Gasteiger partial charge is 0.339 e. The van der Waals surface area contributed by atoms with Crippen LogP contribution in [0.3, 0.4) is 0 Å². The van der Waals surface area contributed by atoms with Gasteiger partial charge in [-0.25, -0.2) is 14.3 Å². The normalized spacial score (nSPS) is 14.9. The van der Waals surface area contributed by atoms with Gasteiger partial charge in [0.15, 0.2) is 11.8 Å². The van der Waals surface area contributed by atoms with E-state index in [9.17, 15) is 4.79 Å². The van der Waals surface area contributed by atoms with Gasteiger partial charge in [-0.1, -0.05) is 54.6 Å². The molecule has 7 heteroatoms. The van der Waals surface area contributed by atoms with Crippen molar-refractivity contribution in [3.8, 4) is 39.4 Å². The average Bonchev–Trinajstić information content (AvgIpc) is 3.52. The van der Waals surface area contributed by atoms with Crippen LogP contribution in [0.2, 0.25) is 0 Å². The van der Waals surface area contributed by atoms with Crippen molar-refractivity contribution < 1.29 is 19.0 Å². The van der Waals surface area contributed by atoms with Gasteiger partial charge in [-0.15, -0.1) is 13.2 Å². The lowest BCUT2D eigenvalue weighted by molar-refractivity contribution is -0.164. The first kappa shape index (κ1) is 33.9. The molecule has 0 saturated carbocycles. The quantitative estimate of drug-likeness (QED) is 0.104. The SMILES string of the molecule is C=CCCc1ccccc1-c1cccc(-c2cc3nc(C)c([C@H](OC(C)(C)C)C(=O)OC)c(-c4ccc5c(c4)C(CC=C)CCO5)n3n2)c1. The van der Waals surface area contributed by atoms with E-state index in [4.69, 9.17) is 24.3 Å². The second kappa shape index (κ2) is 14.2. The van der Waals surface area contributed by atoms with Crippen LogP contribution in [0.5, 0.6) is 5.75 Å². The Balaban J connectivity index is 1.57. The molecule has 0 spiro atoms. The third-order valence-corrected chi connectivity index (χ3v) is 8.98. The Hall–Kier alpha value is -5.01. The largest absolute Gasteiger partial charge is 0.493 e. The zero-order valence-corrected chi connectivity index (χ0v) is 29.2. The van der Waals surface area contributed by atoms with E-state index in [1.807, 2.05) is 62.6 Å². The van der Waals surface area contributed by atoms with Crippen LogP contribution in [0.1, 0.15) is 74.4 Å². The van der Waals surface area contributed by atoms with E-state index in [2.05, 4.69) is 67.8 Å². The maximum absolute atomic E-state index is 13.5. The molecule has 6 rings (SSSR count). The number of benzene rings is 3. The second-order valence-electron chi connectivity index (χ2n) is 13.6. The molecule has 2 atom stereocenters. The fourth-order valence-electron chi connectivity index (χ4n) is 6.73. The molecule has 0 fully saturated rings. The van der Waals surface area contributed by atoms with E-state index in [-0.39, 0.29) is 5.92 Å². The molecule has 0 saturated heterocycles. The predicted octanol–water partition coefficient (Wildman–Crippen LogP) is 9.63. The van der Waals surface area contributed by atoms with E-state index >= 15 is 0 Å². The molecule has 5 aromatic rings. The first-order chi connectivity index (χ1) is 23.6. The van der Waals surface area contributed by atoms with Gasteiger partial charge >= 0.3 is 5.97 Å². The number of carbonyl (C=O) groups excluding carboxylic acids is 1. The molecule has 1 aliphatic rings. The van der Waals surface area contributed by atoms with E-state index in [1.165, 1.54) is 18.2 Å². The van der Waals surface area contributed by atoms with Crippen LogP contribution in [-0.2, 0) is 20.7 Å². The summed E-state index contributed by atoms with van der Waals surface area (Å²) in [6.45, 7) is 16.3. The number of methoxy groups -OCH3 is 1. The number of esters is 1. The molecule has 0 aliphatic carbocycles. The summed E-state index contributed by atoms with van der Waals surface area (Å²) in [6.07, 6.45) is 6.46. The summed E-state index contributed by atoms with van der Waals surface area (Å²) in [4.78, 5) is 18.5. The van der Waals surface area contributed by atoms with Crippen LogP contribution < -0.4 is 4.74 Å². The van der Waals surface area contributed by atoms with Gasteiger partial charge in [0.1, 0.15) is 5.75 Å². The van der Waals surface area contributed by atoms with Gasteiger partial charge in [-0.2, -0.15) is 5.10 Å². The standard InChI is InChI=1S/C42H45N3O4/c1-8-10-15-29-16-11-12-19-33(29)30-17-13-18-31(24-30)35-26-37-43-27(3)38(40(41(46)47-7)49-42(4,5)6)39(45(37)44-35)32-20-21-36-34(25-32)28(14-9-2)22-23-48-36/h8-9,11-13,16-21,24-26,28,40H,1-2,10,14-15,22-23H2,3-7H3/t28?,40-/m0/s1. The van der Waals surface area contributed by atoms with Gasteiger partial charge < -0.3 is 14.2 Å². The van der Waals surface area contributed by atoms with Gasteiger partial charge in [0, 0.05) is 28.5 Å². The van der Waals surface area contributed by atoms with Crippen LogP contribution in [0.25, 0.3) is 39.3 Å². The second-order valence-corrected chi connectivity index (χ2v) is 13.6. The van der Waals surface area contributed by atoms with Crippen LogP contribution in [0.15, 0.2) is 98.1 Å². The Labute approximate surface area is 289 Å². The lowest BCUT2D eigenvalue weighted by Gasteiger charge is -2.29. The molecule has 0 radical (unpaired) electrons. The zero-order valence-electron chi connectivity index (χ0n) is 29.2. The minimum atomic E-state index is -1.03. The first-order valence-electron chi connectivity index (χ1n) is 17.0. The predicted molar refractivity (Wildman–Crippen MR) is 196 cm³/mol. The highest BCUT2D eigenvalue weighted by molar-refractivity contribution is 5.83. The van der Waals surface area contributed by atoms with Crippen molar-refractivity contribution in [2.24, 2.45) is 0 Å². The Kier molecular flexibility index (Phi) is 9.84. The molecular formula is C42H45N3O4. The number of fused-ring (bicyclic) bond motifs is 2.